The van der Waals surface area contributed by atoms with Gasteiger partial charge in [0.25, 0.3) is 0 Å². The van der Waals surface area contributed by atoms with Crippen molar-refractivity contribution in [3.63, 3.8) is 0 Å². The van der Waals surface area contributed by atoms with Crippen LogP contribution < -0.4 is 62.6 Å². The lowest BCUT2D eigenvalue weighted by Gasteiger charge is -2.04. The summed E-state index contributed by atoms with van der Waals surface area (Å²) in [6, 6.07) is 25.5. The molecular weight excluding hydrogens is 1180 g/mol. The van der Waals surface area contributed by atoms with Gasteiger partial charge >= 0.3 is 0 Å². The molecule has 0 saturated heterocycles. The molecule has 3 aliphatic rings. The van der Waals surface area contributed by atoms with Crippen LogP contribution in [-0.4, -0.2) is 0 Å². The Bertz CT molecular complexity index is 5130. The minimum absolute atomic E-state index is 0.560. The van der Waals surface area contributed by atoms with E-state index in [1.807, 2.05) is 12.1 Å². The van der Waals surface area contributed by atoms with Crippen molar-refractivity contribution in [2.45, 2.75) is 259 Å². The zero-order chi connectivity index (χ0) is 68.1. The monoisotopic (exact) mass is 1270 g/mol. The Morgan fingerprint density at radius 2 is 0.429 bits per heavy atom. The van der Waals surface area contributed by atoms with Crippen molar-refractivity contribution in [1.29, 1.82) is 0 Å². The van der Waals surface area contributed by atoms with Crippen LogP contribution in [0.3, 0.4) is 0 Å². The lowest BCUT2D eigenvalue weighted by atomic mass is 10.00. The van der Waals surface area contributed by atoms with Crippen molar-refractivity contribution >= 4 is 68.8 Å². The van der Waals surface area contributed by atoms with Gasteiger partial charge in [0.2, 0.25) is 0 Å². The van der Waals surface area contributed by atoms with Crippen LogP contribution in [0.2, 0.25) is 0 Å². The van der Waals surface area contributed by atoms with Crippen LogP contribution in [0.1, 0.15) is 267 Å². The SMILES string of the molecule is CCCCCCCCCCc1ccc2c(c1)=C=C=C=C=c1cc(CCCCCCCCCC)cc3c1=C=C=C=C=c1c(ccc4c1=C=C=C=C=c1c(cc(CCCCCCCCCC)cc1=C=C=C=C=c1cc(CCCCCCCCCC)ccc1=C=C=C=C=4)C#CC#C3)=C=C=C=C=2. The average molecular weight is 1270 g/mol. The van der Waals surface area contributed by atoms with E-state index in [-0.39, 0.29) is 0 Å². The quantitative estimate of drug-likeness (QED) is 0.0209. The number of fused-ring (bicyclic) bond motifs is 2. The highest BCUT2D eigenvalue weighted by Gasteiger charge is 2.05. The molecule has 5 aromatic carbocycles. The van der Waals surface area contributed by atoms with E-state index in [2.05, 4.69) is 250 Å². The van der Waals surface area contributed by atoms with Crippen LogP contribution in [0.4, 0.5) is 0 Å². The lowest BCUT2D eigenvalue weighted by molar-refractivity contribution is 0.575. The third-order valence-electron chi connectivity index (χ3n) is 18.2. The minimum Gasteiger partial charge on any atom is -0.0654 e. The second-order valence-corrected chi connectivity index (χ2v) is 26.2. The number of hydrogen-bond donors (Lipinski definition) is 0. The molecular formula is C98H96. The molecule has 0 aromatic heterocycles. The van der Waals surface area contributed by atoms with Gasteiger partial charge in [-0.3, -0.25) is 0 Å². The fourth-order valence-electron chi connectivity index (χ4n) is 12.6. The van der Waals surface area contributed by atoms with Gasteiger partial charge in [0.15, 0.2) is 0 Å². The molecule has 0 heterocycles. The third-order valence-corrected chi connectivity index (χ3v) is 18.2. The first-order chi connectivity index (χ1) is 48.5. The highest BCUT2D eigenvalue weighted by Crippen LogP contribution is 2.15. The van der Waals surface area contributed by atoms with Crippen molar-refractivity contribution in [2.75, 3.05) is 0 Å². The molecule has 0 aliphatic heterocycles. The smallest absolute Gasteiger partial charge is 0.0582 e. The Morgan fingerprint density at radius 3 is 0.755 bits per heavy atom. The normalized spacial score (nSPS) is 11.1. The summed E-state index contributed by atoms with van der Waals surface area (Å²) in [6.45, 7) is 9.09. The van der Waals surface area contributed by atoms with Crippen LogP contribution in [-0.2, 0) is 25.7 Å². The Morgan fingerprint density at radius 1 is 0.194 bits per heavy atom. The molecule has 3 aliphatic carbocycles. The van der Waals surface area contributed by atoms with Crippen molar-refractivity contribution < 1.29 is 0 Å². The molecule has 98 heavy (non-hydrogen) atoms. The maximum atomic E-state index is 3.50. The zero-order valence-corrected chi connectivity index (χ0v) is 59.4. The summed E-state index contributed by atoms with van der Waals surface area (Å²) in [5, 5.41) is 8.43. The second kappa shape index (κ2) is 44.6. The van der Waals surface area contributed by atoms with Crippen LogP contribution >= 0.6 is 0 Å². The van der Waals surface area contributed by atoms with Crippen LogP contribution in [0, 0.1) is 23.7 Å². The van der Waals surface area contributed by atoms with Gasteiger partial charge in [0.05, 0.1) is 20.9 Å². The van der Waals surface area contributed by atoms with Crippen LogP contribution in [0.5, 0.6) is 0 Å². The van der Waals surface area contributed by atoms with E-state index in [1.54, 1.807) is 0 Å². The molecule has 0 atom stereocenters. The highest BCUT2D eigenvalue weighted by atomic mass is 14.1. The average Bonchev–Trinajstić information content (AvgIpc) is 0.985. The van der Waals surface area contributed by atoms with Gasteiger partial charge in [-0.05, 0) is 215 Å². The maximum absolute atomic E-state index is 3.50. The highest BCUT2D eigenvalue weighted by molar-refractivity contribution is 5.52. The predicted octanol–water partition coefficient (Wildman–Crippen LogP) is 14.7. The standard InChI is InChI=1S/C98H96/c1-5-9-13-17-21-25-29-33-51-81-69-71-85-55-37-39-57-87-73-74-88-58-40-38-56-86-72-70-82(52-34-30-26-22-18-14-10-6-2)76-90(86)60-42-44-62-92-78-84(54-36-32-28-24-20-16-12-8-4)80-94-64-46-45-63-93-79-83(53-35-31-27-23-19-15-11-7-3)77-91(61-43-41-59-89(85)75-81)95(93)65-47-49-67-97(87)98(88)68-50-48-66-96(92)94/h69-80H,5-36,51-54H2,1-4H3. The van der Waals surface area contributed by atoms with E-state index in [0.717, 1.165) is 118 Å². The molecule has 0 fully saturated rings. The van der Waals surface area contributed by atoms with Crippen LogP contribution in [0.15, 0.2) is 142 Å². The molecule has 0 N–H and O–H groups in total. The molecule has 0 spiro atoms. The fraction of sp³-hybridized carbons (Fsp3) is 0.408. The number of unbranched alkanes of at least 4 members (excludes halogenated alkanes) is 28. The largest absolute Gasteiger partial charge is 0.0654 e. The molecule has 0 saturated carbocycles. The maximum Gasteiger partial charge on any atom is 0.0582 e. The number of hydrogen-bond acceptors (Lipinski definition) is 0. The molecule has 0 nitrogen and oxygen atoms in total. The minimum atomic E-state index is 0.560. The summed E-state index contributed by atoms with van der Waals surface area (Å²) in [5.74, 6) is 13.6. The molecule has 0 radical (unpaired) electrons. The van der Waals surface area contributed by atoms with Crippen molar-refractivity contribution in [3.05, 3.63) is 238 Å². The molecule has 0 amide bonds. The Kier molecular flexibility index (Phi) is 33.6. The summed E-state index contributed by atoms with van der Waals surface area (Å²) < 4.78 is 0. The van der Waals surface area contributed by atoms with Gasteiger partial charge in [0, 0.05) is 52.9 Å². The van der Waals surface area contributed by atoms with Gasteiger partial charge < -0.3 is 0 Å². The van der Waals surface area contributed by atoms with E-state index in [4.69, 9.17) is 0 Å². The zero-order valence-electron chi connectivity index (χ0n) is 59.4. The van der Waals surface area contributed by atoms with Gasteiger partial charge in [-0.2, -0.15) is 0 Å². The van der Waals surface area contributed by atoms with Gasteiger partial charge in [0.1, 0.15) is 0 Å². The van der Waals surface area contributed by atoms with Gasteiger partial charge in [-0.1, -0.05) is 300 Å². The summed E-state index contributed by atoms with van der Waals surface area (Å²) in [5.41, 5.74) is 85.8. The topological polar surface area (TPSA) is 0 Å². The van der Waals surface area contributed by atoms with Crippen molar-refractivity contribution in [2.24, 2.45) is 0 Å². The molecule has 488 valence electrons. The molecule has 0 unspecified atom stereocenters. The third kappa shape index (κ3) is 26.2. The first-order valence-corrected chi connectivity index (χ1v) is 37.4. The molecule has 5 aromatic rings. The van der Waals surface area contributed by atoms with E-state index in [0.29, 0.717) is 31.3 Å². The number of aryl methyl sites for hydroxylation is 4. The van der Waals surface area contributed by atoms with Crippen molar-refractivity contribution in [1.82, 2.24) is 0 Å². The first-order valence-electron chi connectivity index (χ1n) is 37.4. The van der Waals surface area contributed by atoms with E-state index in [1.165, 1.54) is 178 Å². The summed E-state index contributed by atoms with van der Waals surface area (Å²) in [7, 11) is 0. The second-order valence-electron chi connectivity index (χ2n) is 26.2. The predicted molar refractivity (Wildman–Crippen MR) is 410 cm³/mol. The number of benzene rings is 5. The van der Waals surface area contributed by atoms with Crippen LogP contribution in [0.25, 0.3) is 68.8 Å². The van der Waals surface area contributed by atoms with Crippen molar-refractivity contribution in [3.8, 4) is 23.7 Å². The first kappa shape index (κ1) is 73.7. The Balaban J connectivity index is 1.48. The fourth-order valence-corrected chi connectivity index (χ4v) is 12.6. The summed E-state index contributed by atoms with van der Waals surface area (Å²) >= 11 is 0. The number of rotatable bonds is 36. The molecule has 4 bridgehead atoms. The van der Waals surface area contributed by atoms with E-state index < -0.39 is 0 Å². The van der Waals surface area contributed by atoms with E-state index in [9.17, 15) is 0 Å². The van der Waals surface area contributed by atoms with E-state index >= 15 is 0 Å². The molecule has 0 heteroatoms. The summed E-state index contributed by atoms with van der Waals surface area (Å²) in [6.07, 6.45) is 43.7. The lowest BCUT2D eigenvalue weighted by Crippen LogP contribution is -2.46. The van der Waals surface area contributed by atoms with Gasteiger partial charge in [-0.15, -0.1) is 0 Å². The summed E-state index contributed by atoms with van der Waals surface area (Å²) in [4.78, 5) is 0. The molecule has 8 rings (SSSR count). The van der Waals surface area contributed by atoms with Gasteiger partial charge in [-0.25, -0.2) is 0 Å². The Labute approximate surface area is 585 Å². The Hall–Kier alpha value is -10.1.